The van der Waals surface area contributed by atoms with E-state index in [4.69, 9.17) is 27.9 Å². The maximum Gasteiger partial charge on any atom is 0.156 e. The molecule has 0 fully saturated rings. The molecule has 3 aromatic rings. The zero-order valence-electron chi connectivity index (χ0n) is 14.8. The molecule has 7 heteroatoms. The van der Waals surface area contributed by atoms with E-state index in [1.165, 1.54) is 0 Å². The van der Waals surface area contributed by atoms with Gasteiger partial charge in [-0.2, -0.15) is 0 Å². The molecule has 0 atom stereocenters. The van der Waals surface area contributed by atoms with Crippen molar-refractivity contribution in [3.05, 3.63) is 82.4 Å². The van der Waals surface area contributed by atoms with Crippen molar-refractivity contribution in [3.63, 3.8) is 0 Å². The molecule has 0 radical (unpaired) electrons. The molecule has 0 amide bonds. The second kappa shape index (κ2) is 11.2. The molecular formula is C20H22Cl3N3O. The molecule has 4 nitrogen and oxygen atoms in total. The second-order valence-corrected chi connectivity index (χ2v) is 6.81. The lowest BCUT2D eigenvalue weighted by atomic mass is 10.2. The van der Waals surface area contributed by atoms with Crippen molar-refractivity contribution in [1.29, 1.82) is 0 Å². The summed E-state index contributed by atoms with van der Waals surface area (Å²) in [7, 11) is 0. The van der Waals surface area contributed by atoms with Gasteiger partial charge in [0.15, 0.2) is 5.75 Å². The van der Waals surface area contributed by atoms with Crippen molar-refractivity contribution in [2.24, 2.45) is 0 Å². The van der Waals surface area contributed by atoms with Crippen LogP contribution in [0.1, 0.15) is 17.5 Å². The van der Waals surface area contributed by atoms with E-state index in [-0.39, 0.29) is 12.4 Å². The Bertz CT molecular complexity index is 788. The predicted octanol–water partition coefficient (Wildman–Crippen LogP) is 5.37. The fourth-order valence-electron chi connectivity index (χ4n) is 2.62. The van der Waals surface area contributed by atoms with E-state index in [9.17, 15) is 0 Å². The fourth-order valence-corrected chi connectivity index (χ4v) is 3.26. The van der Waals surface area contributed by atoms with Gasteiger partial charge < -0.3 is 14.6 Å². The van der Waals surface area contributed by atoms with Gasteiger partial charge >= 0.3 is 0 Å². The molecule has 0 aliphatic heterocycles. The van der Waals surface area contributed by atoms with Gasteiger partial charge in [-0.1, -0.05) is 53.5 Å². The predicted molar refractivity (Wildman–Crippen MR) is 113 cm³/mol. The first-order valence-electron chi connectivity index (χ1n) is 8.53. The van der Waals surface area contributed by atoms with Gasteiger partial charge in [0.1, 0.15) is 6.61 Å². The topological polar surface area (TPSA) is 39.1 Å². The van der Waals surface area contributed by atoms with Crippen molar-refractivity contribution in [2.45, 2.75) is 26.1 Å². The third-order valence-electron chi connectivity index (χ3n) is 3.94. The Morgan fingerprint density at radius 1 is 1.04 bits per heavy atom. The summed E-state index contributed by atoms with van der Waals surface area (Å²) in [4.78, 5) is 4.03. The lowest BCUT2D eigenvalue weighted by Crippen LogP contribution is -2.16. The van der Waals surface area contributed by atoms with Gasteiger partial charge in [-0.15, -0.1) is 12.4 Å². The van der Waals surface area contributed by atoms with Crippen LogP contribution in [0.3, 0.4) is 0 Å². The van der Waals surface area contributed by atoms with Crippen LogP contribution in [0.4, 0.5) is 0 Å². The van der Waals surface area contributed by atoms with Crippen molar-refractivity contribution in [2.75, 3.05) is 6.54 Å². The van der Waals surface area contributed by atoms with Crippen LogP contribution in [0.25, 0.3) is 0 Å². The van der Waals surface area contributed by atoms with E-state index in [0.29, 0.717) is 28.9 Å². The number of benzene rings is 2. The number of aromatic nitrogens is 2. The third kappa shape index (κ3) is 6.74. The number of aryl methyl sites for hydroxylation is 1. The fraction of sp³-hybridized carbons (Fsp3) is 0.250. The number of nitrogens with zero attached hydrogens (tertiary/aromatic N) is 2. The quantitative estimate of drug-likeness (QED) is 0.467. The summed E-state index contributed by atoms with van der Waals surface area (Å²) in [5.74, 6) is 0.529. The molecule has 2 aromatic carbocycles. The molecule has 1 heterocycles. The average molecular weight is 427 g/mol. The van der Waals surface area contributed by atoms with Gasteiger partial charge in [0, 0.05) is 25.5 Å². The number of nitrogens with one attached hydrogen (secondary N) is 1. The highest BCUT2D eigenvalue weighted by Gasteiger charge is 2.10. The van der Waals surface area contributed by atoms with Crippen molar-refractivity contribution in [1.82, 2.24) is 14.9 Å². The zero-order chi connectivity index (χ0) is 18.2. The van der Waals surface area contributed by atoms with Crippen LogP contribution >= 0.6 is 35.6 Å². The summed E-state index contributed by atoms with van der Waals surface area (Å²) < 4.78 is 7.86. The van der Waals surface area contributed by atoms with Crippen LogP contribution in [0.5, 0.6) is 5.75 Å². The first-order valence-corrected chi connectivity index (χ1v) is 9.29. The Labute approximate surface area is 175 Å². The number of rotatable bonds is 9. The second-order valence-electron chi connectivity index (χ2n) is 5.99. The molecule has 0 aliphatic rings. The summed E-state index contributed by atoms with van der Waals surface area (Å²) >= 11 is 12.7. The maximum absolute atomic E-state index is 6.36. The maximum atomic E-state index is 6.36. The number of hydrogen-bond acceptors (Lipinski definition) is 3. The Morgan fingerprint density at radius 2 is 1.78 bits per heavy atom. The highest BCUT2D eigenvalue weighted by molar-refractivity contribution is 6.37. The Hall–Kier alpha value is -1.72. The van der Waals surface area contributed by atoms with Gasteiger partial charge in [-0.25, -0.2) is 4.98 Å². The van der Waals surface area contributed by atoms with Gasteiger partial charge in [-0.05, 0) is 36.2 Å². The van der Waals surface area contributed by atoms with Gasteiger partial charge in [0.25, 0.3) is 0 Å². The number of imidazole rings is 1. The van der Waals surface area contributed by atoms with Crippen LogP contribution in [0.2, 0.25) is 10.0 Å². The van der Waals surface area contributed by atoms with Gasteiger partial charge in [0.2, 0.25) is 0 Å². The van der Waals surface area contributed by atoms with Crippen molar-refractivity contribution < 1.29 is 4.74 Å². The van der Waals surface area contributed by atoms with Gasteiger partial charge in [0.05, 0.1) is 16.4 Å². The number of hydrogen-bond donors (Lipinski definition) is 1. The highest BCUT2D eigenvalue weighted by atomic mass is 35.5. The van der Waals surface area contributed by atoms with E-state index >= 15 is 0 Å². The lowest BCUT2D eigenvalue weighted by molar-refractivity contribution is 0.306. The molecule has 0 aliphatic carbocycles. The number of ether oxygens (including phenoxy) is 1. The van der Waals surface area contributed by atoms with E-state index in [0.717, 1.165) is 30.6 Å². The minimum absolute atomic E-state index is 0. The largest absolute Gasteiger partial charge is 0.486 e. The summed E-state index contributed by atoms with van der Waals surface area (Å²) in [5.41, 5.74) is 2.11. The van der Waals surface area contributed by atoms with Crippen LogP contribution < -0.4 is 10.1 Å². The molecule has 0 unspecified atom stereocenters. The van der Waals surface area contributed by atoms with Crippen molar-refractivity contribution in [3.8, 4) is 5.75 Å². The van der Waals surface area contributed by atoms with E-state index < -0.39 is 0 Å². The first-order chi connectivity index (χ1) is 12.7. The molecular weight excluding hydrogens is 405 g/mol. The molecule has 27 heavy (non-hydrogen) atoms. The summed E-state index contributed by atoms with van der Waals surface area (Å²) in [5, 5.41) is 4.47. The molecule has 144 valence electrons. The Kier molecular flexibility index (Phi) is 8.95. The van der Waals surface area contributed by atoms with E-state index in [1.807, 2.05) is 55.0 Å². The van der Waals surface area contributed by atoms with E-state index in [1.54, 1.807) is 6.20 Å². The Balaban J connectivity index is 0.00000261. The zero-order valence-corrected chi connectivity index (χ0v) is 17.1. The average Bonchev–Trinajstić information content (AvgIpc) is 3.15. The summed E-state index contributed by atoms with van der Waals surface area (Å²) in [6.07, 6.45) is 6.61. The first kappa shape index (κ1) is 21.6. The SMILES string of the molecule is Cl.Clc1cc(CNCCCn2ccnc2)cc(Cl)c1OCc1ccccc1. The number of halogens is 3. The standard InChI is InChI=1S/C20H21Cl2N3O.ClH/c21-18-11-17(13-23-7-4-9-25-10-8-24-15-25)12-19(22)20(18)26-14-16-5-2-1-3-6-16;/h1-3,5-6,8,10-12,15,23H,4,7,9,13-14H2;1H. The van der Waals surface area contributed by atoms with Crippen molar-refractivity contribution >= 4 is 35.6 Å². The van der Waals surface area contributed by atoms with Crippen LogP contribution in [-0.2, 0) is 19.7 Å². The summed E-state index contributed by atoms with van der Waals surface area (Å²) in [6, 6.07) is 13.7. The third-order valence-corrected chi connectivity index (χ3v) is 4.50. The monoisotopic (exact) mass is 425 g/mol. The molecule has 0 bridgehead atoms. The van der Waals surface area contributed by atoms with Crippen LogP contribution in [-0.4, -0.2) is 16.1 Å². The molecule has 0 saturated heterocycles. The van der Waals surface area contributed by atoms with Gasteiger partial charge in [-0.3, -0.25) is 0 Å². The minimum atomic E-state index is 0. The molecule has 0 saturated carbocycles. The minimum Gasteiger partial charge on any atom is -0.486 e. The molecule has 1 aromatic heterocycles. The Morgan fingerprint density at radius 3 is 2.44 bits per heavy atom. The smallest absolute Gasteiger partial charge is 0.156 e. The van der Waals surface area contributed by atoms with E-state index in [2.05, 4.69) is 14.9 Å². The molecule has 1 N–H and O–H groups in total. The lowest BCUT2D eigenvalue weighted by Gasteiger charge is -2.12. The summed E-state index contributed by atoms with van der Waals surface area (Å²) in [6.45, 7) is 2.99. The highest BCUT2D eigenvalue weighted by Crippen LogP contribution is 2.34. The van der Waals surface area contributed by atoms with Crippen LogP contribution in [0, 0.1) is 0 Å². The van der Waals surface area contributed by atoms with Crippen LogP contribution in [0.15, 0.2) is 61.2 Å². The normalized spacial score (nSPS) is 10.4. The molecule has 3 rings (SSSR count). The molecule has 0 spiro atoms.